The van der Waals surface area contributed by atoms with E-state index in [4.69, 9.17) is 20.6 Å². The maximum Gasteiger partial charge on any atom is 0.491 e. The zero-order valence-corrected chi connectivity index (χ0v) is 18.1. The summed E-state index contributed by atoms with van der Waals surface area (Å²) in [6, 6.07) is 18.4. The van der Waals surface area contributed by atoms with E-state index in [0.717, 1.165) is 6.07 Å². The number of ether oxygens (including phenoxy) is 3. The second-order valence-corrected chi connectivity index (χ2v) is 7.01. The largest absolute Gasteiger partial charge is 0.492 e. The molecule has 35 heavy (non-hydrogen) atoms. The van der Waals surface area contributed by atoms with Crippen LogP contribution in [0.1, 0.15) is 15.9 Å². The first-order chi connectivity index (χ1) is 16.6. The van der Waals surface area contributed by atoms with Gasteiger partial charge in [0.25, 0.3) is 5.91 Å². The number of amidine groups is 1. The van der Waals surface area contributed by atoms with Gasteiger partial charge in [0.1, 0.15) is 35.4 Å². The number of nitrogens with two attached hydrogens (primary N) is 1. The lowest BCUT2D eigenvalue weighted by molar-refractivity contribution is -0.189. The van der Waals surface area contributed by atoms with Crippen molar-refractivity contribution >= 4 is 17.7 Å². The molecule has 3 aromatic carbocycles. The number of carbonyl (C=O) groups excluding carboxylic acids is 2. The van der Waals surface area contributed by atoms with Crippen molar-refractivity contribution in [2.24, 2.45) is 5.73 Å². The average molecular weight is 487 g/mol. The molecule has 8 nitrogen and oxygen atoms in total. The second-order valence-electron chi connectivity index (χ2n) is 7.01. The Hall–Kier alpha value is -4.54. The highest BCUT2D eigenvalue weighted by atomic mass is 19.4. The van der Waals surface area contributed by atoms with Crippen LogP contribution in [0.2, 0.25) is 0 Å². The summed E-state index contributed by atoms with van der Waals surface area (Å²) in [5.74, 6) is -3.15. The van der Waals surface area contributed by atoms with Gasteiger partial charge in [-0.15, -0.1) is 0 Å². The molecule has 11 heteroatoms. The summed E-state index contributed by atoms with van der Waals surface area (Å²) in [5, 5.41) is 9.92. The van der Waals surface area contributed by atoms with E-state index >= 15 is 0 Å². The molecule has 182 valence electrons. The summed E-state index contributed by atoms with van der Waals surface area (Å²) in [6.45, 7) is -0.00196. The van der Waals surface area contributed by atoms with Gasteiger partial charge in [0.05, 0.1) is 12.1 Å². The van der Waals surface area contributed by atoms with Gasteiger partial charge in [0.2, 0.25) is 0 Å². The van der Waals surface area contributed by atoms with Gasteiger partial charge < -0.3 is 25.3 Å². The van der Waals surface area contributed by atoms with Crippen molar-refractivity contribution in [1.29, 1.82) is 5.41 Å². The predicted molar refractivity (Wildman–Crippen MR) is 120 cm³/mol. The first kappa shape index (κ1) is 25.1. The lowest BCUT2D eigenvalue weighted by atomic mass is 10.1. The van der Waals surface area contributed by atoms with Crippen molar-refractivity contribution in [3.05, 3.63) is 83.9 Å². The molecule has 1 amide bonds. The Labute approximate surface area is 197 Å². The topological polar surface area (TPSA) is 124 Å². The van der Waals surface area contributed by atoms with Crippen LogP contribution in [0.25, 0.3) is 0 Å². The van der Waals surface area contributed by atoms with Crippen LogP contribution in [0.4, 0.5) is 13.2 Å². The number of para-hydroxylation sites is 1. The Morgan fingerprint density at radius 2 is 1.63 bits per heavy atom. The number of esters is 1. The van der Waals surface area contributed by atoms with E-state index in [1.165, 1.54) is 12.1 Å². The number of alkyl halides is 3. The first-order valence-corrected chi connectivity index (χ1v) is 10.1. The minimum atomic E-state index is -5.26. The number of nitrogen functional groups attached to an aromatic ring is 1. The van der Waals surface area contributed by atoms with Crippen LogP contribution in [0.3, 0.4) is 0 Å². The highest BCUT2D eigenvalue weighted by molar-refractivity contribution is 5.98. The highest BCUT2D eigenvalue weighted by Crippen LogP contribution is 2.30. The SMILES string of the molecule is N=C(N)c1cccc(OCCNC(=O)c2ccc(Oc3ccccc3)cc2OC(=O)C(F)(F)F)c1. The lowest BCUT2D eigenvalue weighted by Gasteiger charge is -2.14. The Balaban J connectivity index is 1.69. The first-order valence-electron chi connectivity index (χ1n) is 10.1. The summed E-state index contributed by atoms with van der Waals surface area (Å²) in [7, 11) is 0. The third kappa shape index (κ3) is 7.22. The Kier molecular flexibility index (Phi) is 7.92. The van der Waals surface area contributed by atoms with Crippen LogP contribution in [-0.2, 0) is 4.79 Å². The molecule has 0 spiro atoms. The smallest absolute Gasteiger partial charge is 0.491 e. The maximum absolute atomic E-state index is 12.8. The molecule has 3 rings (SSSR count). The summed E-state index contributed by atoms with van der Waals surface area (Å²) < 4.78 is 53.8. The fourth-order valence-corrected chi connectivity index (χ4v) is 2.80. The average Bonchev–Trinajstić information content (AvgIpc) is 2.82. The molecule has 0 fully saturated rings. The minimum Gasteiger partial charge on any atom is -0.492 e. The van der Waals surface area contributed by atoms with E-state index in [1.54, 1.807) is 54.6 Å². The fraction of sp³-hybridized carbons (Fsp3) is 0.125. The Bertz CT molecular complexity index is 1220. The number of halogens is 3. The fourth-order valence-electron chi connectivity index (χ4n) is 2.80. The predicted octanol–water partition coefficient (Wildman–Crippen LogP) is 4.04. The van der Waals surface area contributed by atoms with Crippen molar-refractivity contribution in [2.45, 2.75) is 6.18 Å². The molecule has 4 N–H and O–H groups in total. The Morgan fingerprint density at radius 3 is 2.31 bits per heavy atom. The van der Waals surface area contributed by atoms with E-state index < -0.39 is 23.8 Å². The second kappa shape index (κ2) is 11.1. The number of rotatable bonds is 9. The zero-order chi connectivity index (χ0) is 25.4. The van der Waals surface area contributed by atoms with Crippen LogP contribution in [0.5, 0.6) is 23.0 Å². The molecule has 0 atom stereocenters. The summed E-state index contributed by atoms with van der Waals surface area (Å²) >= 11 is 0. The van der Waals surface area contributed by atoms with E-state index in [-0.39, 0.29) is 30.3 Å². The minimum absolute atomic E-state index is 0.0139. The van der Waals surface area contributed by atoms with Crippen molar-refractivity contribution in [1.82, 2.24) is 5.32 Å². The number of hydrogen-bond acceptors (Lipinski definition) is 6. The molecule has 0 heterocycles. The van der Waals surface area contributed by atoms with Crippen LogP contribution in [0.15, 0.2) is 72.8 Å². The maximum atomic E-state index is 12.8. The highest BCUT2D eigenvalue weighted by Gasteiger charge is 2.42. The van der Waals surface area contributed by atoms with Crippen LogP contribution < -0.4 is 25.3 Å². The van der Waals surface area contributed by atoms with Crippen molar-refractivity contribution in [2.75, 3.05) is 13.2 Å². The standard InChI is InChI=1S/C24H20F3N3O5/c25-24(26,27)23(32)35-20-14-18(34-16-6-2-1-3-7-16)9-10-19(20)22(31)30-11-12-33-17-8-4-5-15(13-17)21(28)29/h1-10,13-14H,11-12H2,(H3,28,29)(H,30,31). The zero-order valence-electron chi connectivity index (χ0n) is 18.1. The number of hydrogen-bond donors (Lipinski definition) is 3. The number of benzene rings is 3. The molecule has 0 aliphatic carbocycles. The van der Waals surface area contributed by atoms with Crippen LogP contribution in [0, 0.1) is 5.41 Å². The molecular weight excluding hydrogens is 467 g/mol. The van der Waals surface area contributed by atoms with E-state index in [2.05, 4.69) is 10.1 Å². The number of amides is 1. The van der Waals surface area contributed by atoms with Gasteiger partial charge in [0.15, 0.2) is 0 Å². The van der Waals surface area contributed by atoms with Crippen molar-refractivity contribution in [3.8, 4) is 23.0 Å². The molecule has 0 aliphatic rings. The van der Waals surface area contributed by atoms with Gasteiger partial charge in [-0.05, 0) is 36.4 Å². The van der Waals surface area contributed by atoms with E-state index in [1.807, 2.05) is 0 Å². The summed E-state index contributed by atoms with van der Waals surface area (Å²) in [4.78, 5) is 24.0. The molecule has 0 saturated heterocycles. The van der Waals surface area contributed by atoms with Gasteiger partial charge in [-0.3, -0.25) is 10.2 Å². The molecular formula is C24H20F3N3O5. The molecule has 0 aromatic heterocycles. The van der Waals surface area contributed by atoms with Gasteiger partial charge in [-0.2, -0.15) is 13.2 Å². The van der Waals surface area contributed by atoms with Crippen LogP contribution in [-0.4, -0.2) is 37.0 Å². The molecule has 0 aliphatic heterocycles. The molecule has 0 unspecified atom stereocenters. The van der Waals surface area contributed by atoms with Gasteiger partial charge in [-0.25, -0.2) is 4.79 Å². The monoisotopic (exact) mass is 487 g/mol. The van der Waals surface area contributed by atoms with E-state index in [0.29, 0.717) is 17.1 Å². The Morgan fingerprint density at radius 1 is 0.914 bits per heavy atom. The third-order valence-corrected chi connectivity index (χ3v) is 4.41. The van der Waals surface area contributed by atoms with Crippen LogP contribution >= 0.6 is 0 Å². The molecule has 0 radical (unpaired) electrons. The van der Waals surface area contributed by atoms with E-state index in [9.17, 15) is 22.8 Å². The van der Waals surface area contributed by atoms with Crippen molar-refractivity contribution in [3.63, 3.8) is 0 Å². The summed E-state index contributed by atoms with van der Waals surface area (Å²) in [5.41, 5.74) is 5.58. The van der Waals surface area contributed by atoms with Gasteiger partial charge in [0, 0.05) is 11.6 Å². The number of nitrogens with one attached hydrogen (secondary N) is 2. The molecule has 0 saturated carbocycles. The molecule has 0 bridgehead atoms. The summed E-state index contributed by atoms with van der Waals surface area (Å²) in [6.07, 6.45) is -5.26. The molecule has 3 aromatic rings. The van der Waals surface area contributed by atoms with Gasteiger partial charge in [-0.1, -0.05) is 30.3 Å². The number of carbonyl (C=O) groups is 2. The third-order valence-electron chi connectivity index (χ3n) is 4.41. The van der Waals surface area contributed by atoms with Crippen molar-refractivity contribution < 1.29 is 37.0 Å². The van der Waals surface area contributed by atoms with Gasteiger partial charge >= 0.3 is 12.1 Å². The quantitative estimate of drug-likeness (QED) is 0.138. The normalized spacial score (nSPS) is 10.8. The lowest BCUT2D eigenvalue weighted by Crippen LogP contribution is -2.31.